The first kappa shape index (κ1) is 19.4. The fourth-order valence-electron chi connectivity index (χ4n) is 4.45. The SMILES string of the molecule is COc1cc2c(cc1OCCCF)CCN1C[C@@H](CC(C)C)[C@H](O)CC21. The Hall–Kier alpha value is -1.33. The lowest BCUT2D eigenvalue weighted by molar-refractivity contribution is -0.0191. The van der Waals surface area contributed by atoms with Gasteiger partial charge in [-0.05, 0) is 54.4 Å². The van der Waals surface area contributed by atoms with Gasteiger partial charge in [0.1, 0.15) is 0 Å². The van der Waals surface area contributed by atoms with Gasteiger partial charge in [0.05, 0.1) is 26.5 Å². The topological polar surface area (TPSA) is 41.9 Å². The highest BCUT2D eigenvalue weighted by Crippen LogP contribution is 2.43. The van der Waals surface area contributed by atoms with E-state index in [1.54, 1.807) is 7.11 Å². The summed E-state index contributed by atoms with van der Waals surface area (Å²) in [5, 5.41) is 10.7. The molecule has 0 saturated carbocycles. The average Bonchev–Trinajstić information content (AvgIpc) is 2.61. The number of methoxy groups -OCH3 is 1. The number of rotatable bonds is 7. The molecule has 1 aromatic carbocycles. The fourth-order valence-corrected chi connectivity index (χ4v) is 4.45. The zero-order valence-electron chi connectivity index (χ0n) is 16.2. The Kier molecular flexibility index (Phi) is 6.41. The van der Waals surface area contributed by atoms with Crippen molar-refractivity contribution in [3.8, 4) is 11.5 Å². The Morgan fingerprint density at radius 3 is 2.81 bits per heavy atom. The van der Waals surface area contributed by atoms with E-state index in [0.29, 0.717) is 36.4 Å². The Morgan fingerprint density at radius 1 is 1.31 bits per heavy atom. The van der Waals surface area contributed by atoms with E-state index in [1.165, 1.54) is 11.1 Å². The van der Waals surface area contributed by atoms with Crippen molar-refractivity contribution in [2.75, 3.05) is 33.5 Å². The summed E-state index contributed by atoms with van der Waals surface area (Å²) < 4.78 is 23.6. The number of alkyl halides is 1. The van der Waals surface area contributed by atoms with Crippen molar-refractivity contribution in [1.29, 1.82) is 0 Å². The lowest BCUT2D eigenvalue weighted by Gasteiger charge is -2.46. The van der Waals surface area contributed by atoms with Gasteiger partial charge in [-0.25, -0.2) is 0 Å². The van der Waals surface area contributed by atoms with Crippen molar-refractivity contribution in [2.24, 2.45) is 11.8 Å². The molecule has 0 spiro atoms. The molecule has 1 N–H and O–H groups in total. The number of piperidine rings is 1. The molecule has 0 bridgehead atoms. The molecule has 0 radical (unpaired) electrons. The fraction of sp³-hybridized carbons (Fsp3) is 0.714. The van der Waals surface area contributed by atoms with E-state index >= 15 is 0 Å². The molecule has 3 atom stereocenters. The standard InChI is InChI=1S/C21H32FNO3/c1-14(2)9-16-13-23-7-5-15-10-21(26-8-4-6-22)20(25-3)11-17(15)18(23)12-19(16)24/h10-11,14,16,18-19,24H,4-9,12-13H2,1-3H3/t16-,18?,19-/m1/s1. The van der Waals surface area contributed by atoms with Gasteiger partial charge < -0.3 is 14.6 Å². The van der Waals surface area contributed by atoms with Gasteiger partial charge in [0.15, 0.2) is 11.5 Å². The minimum atomic E-state index is -0.375. The van der Waals surface area contributed by atoms with Crippen LogP contribution in [-0.4, -0.2) is 49.6 Å². The van der Waals surface area contributed by atoms with Gasteiger partial charge >= 0.3 is 0 Å². The van der Waals surface area contributed by atoms with Crippen LogP contribution in [0.15, 0.2) is 12.1 Å². The van der Waals surface area contributed by atoms with Crippen molar-refractivity contribution < 1.29 is 19.0 Å². The third-order valence-electron chi connectivity index (χ3n) is 5.68. The molecule has 3 rings (SSSR count). The predicted octanol–water partition coefficient (Wildman–Crippen LogP) is 3.76. The highest BCUT2D eigenvalue weighted by molar-refractivity contribution is 5.49. The van der Waals surface area contributed by atoms with E-state index in [0.717, 1.165) is 32.4 Å². The van der Waals surface area contributed by atoms with Crippen LogP contribution in [0.3, 0.4) is 0 Å². The molecule has 2 aliphatic rings. The van der Waals surface area contributed by atoms with Crippen molar-refractivity contribution in [3.63, 3.8) is 0 Å². The number of halogens is 1. The lowest BCUT2D eigenvalue weighted by Crippen LogP contribution is -2.48. The van der Waals surface area contributed by atoms with Crippen LogP contribution in [0.25, 0.3) is 0 Å². The number of hydrogen-bond donors (Lipinski definition) is 1. The maximum atomic E-state index is 12.3. The van der Waals surface area contributed by atoms with Crippen LogP contribution in [0.1, 0.15) is 50.3 Å². The first-order valence-electron chi connectivity index (χ1n) is 9.85. The van der Waals surface area contributed by atoms with Gasteiger partial charge in [0, 0.05) is 25.6 Å². The Labute approximate surface area is 156 Å². The minimum Gasteiger partial charge on any atom is -0.493 e. The Balaban J connectivity index is 1.80. The molecule has 5 heteroatoms. The number of hydrogen-bond acceptors (Lipinski definition) is 4. The van der Waals surface area contributed by atoms with E-state index in [9.17, 15) is 9.50 Å². The van der Waals surface area contributed by atoms with Crippen molar-refractivity contribution >= 4 is 0 Å². The summed E-state index contributed by atoms with van der Waals surface area (Å²) >= 11 is 0. The summed E-state index contributed by atoms with van der Waals surface area (Å²) in [6.07, 6.45) is 2.95. The number of nitrogens with zero attached hydrogens (tertiary/aromatic N) is 1. The van der Waals surface area contributed by atoms with Gasteiger partial charge in [-0.1, -0.05) is 13.8 Å². The smallest absolute Gasteiger partial charge is 0.161 e. The van der Waals surface area contributed by atoms with Crippen LogP contribution in [0.5, 0.6) is 11.5 Å². The first-order chi connectivity index (χ1) is 12.5. The normalized spacial score (nSPS) is 25.7. The summed E-state index contributed by atoms with van der Waals surface area (Å²) in [6, 6.07) is 4.36. The molecule has 146 valence electrons. The molecule has 26 heavy (non-hydrogen) atoms. The molecule has 1 unspecified atom stereocenters. The molecule has 1 aromatic rings. The van der Waals surface area contributed by atoms with Crippen LogP contribution in [0, 0.1) is 11.8 Å². The minimum absolute atomic E-state index is 0.242. The van der Waals surface area contributed by atoms with E-state index < -0.39 is 0 Å². The highest BCUT2D eigenvalue weighted by atomic mass is 19.1. The third-order valence-corrected chi connectivity index (χ3v) is 5.68. The molecule has 0 amide bonds. The van der Waals surface area contributed by atoms with Crippen molar-refractivity contribution in [1.82, 2.24) is 4.90 Å². The number of ether oxygens (including phenoxy) is 2. The molecule has 0 aromatic heterocycles. The second kappa shape index (κ2) is 8.57. The maximum absolute atomic E-state index is 12.3. The molecule has 0 aliphatic carbocycles. The zero-order chi connectivity index (χ0) is 18.7. The zero-order valence-corrected chi connectivity index (χ0v) is 16.2. The summed E-state index contributed by atoms with van der Waals surface area (Å²) in [5.41, 5.74) is 2.50. The van der Waals surface area contributed by atoms with Crippen LogP contribution in [-0.2, 0) is 6.42 Å². The number of aliphatic hydroxyl groups is 1. The van der Waals surface area contributed by atoms with Crippen molar-refractivity contribution in [3.05, 3.63) is 23.3 Å². The Morgan fingerprint density at radius 2 is 2.12 bits per heavy atom. The second-order valence-corrected chi connectivity index (χ2v) is 8.05. The lowest BCUT2D eigenvalue weighted by atomic mass is 9.79. The molecule has 2 aliphatic heterocycles. The monoisotopic (exact) mass is 365 g/mol. The van der Waals surface area contributed by atoms with E-state index in [2.05, 4.69) is 30.9 Å². The van der Waals surface area contributed by atoms with Crippen LogP contribution in [0.4, 0.5) is 4.39 Å². The maximum Gasteiger partial charge on any atom is 0.161 e. The van der Waals surface area contributed by atoms with E-state index in [1.807, 2.05) is 0 Å². The molecule has 1 fully saturated rings. The molecule has 2 heterocycles. The Bertz CT molecular complexity index is 607. The molecular weight excluding hydrogens is 333 g/mol. The second-order valence-electron chi connectivity index (χ2n) is 8.05. The quantitative estimate of drug-likeness (QED) is 0.747. The predicted molar refractivity (Wildman–Crippen MR) is 101 cm³/mol. The number of fused-ring (bicyclic) bond motifs is 3. The van der Waals surface area contributed by atoms with Gasteiger partial charge in [-0.15, -0.1) is 0 Å². The molecule has 4 nitrogen and oxygen atoms in total. The first-order valence-corrected chi connectivity index (χ1v) is 9.85. The number of aliphatic hydroxyl groups excluding tert-OH is 1. The van der Waals surface area contributed by atoms with Gasteiger partial charge in [-0.3, -0.25) is 9.29 Å². The van der Waals surface area contributed by atoms with Crippen molar-refractivity contribution in [2.45, 2.75) is 51.7 Å². The van der Waals surface area contributed by atoms with E-state index in [4.69, 9.17) is 9.47 Å². The van der Waals surface area contributed by atoms with Gasteiger partial charge in [0.25, 0.3) is 0 Å². The summed E-state index contributed by atoms with van der Waals surface area (Å²) in [6.45, 7) is 6.39. The average molecular weight is 365 g/mol. The summed E-state index contributed by atoms with van der Waals surface area (Å²) in [7, 11) is 1.64. The summed E-state index contributed by atoms with van der Waals surface area (Å²) in [5.74, 6) is 2.36. The number of benzene rings is 1. The van der Waals surface area contributed by atoms with Gasteiger partial charge in [-0.2, -0.15) is 0 Å². The third kappa shape index (κ3) is 4.15. The largest absolute Gasteiger partial charge is 0.493 e. The van der Waals surface area contributed by atoms with Crippen LogP contribution in [0.2, 0.25) is 0 Å². The molecular formula is C21H32FNO3. The summed E-state index contributed by atoms with van der Waals surface area (Å²) in [4.78, 5) is 2.52. The highest BCUT2D eigenvalue weighted by Gasteiger charge is 2.38. The van der Waals surface area contributed by atoms with Crippen LogP contribution < -0.4 is 9.47 Å². The molecule has 1 saturated heterocycles. The van der Waals surface area contributed by atoms with Crippen LogP contribution >= 0.6 is 0 Å². The van der Waals surface area contributed by atoms with E-state index in [-0.39, 0.29) is 18.8 Å². The van der Waals surface area contributed by atoms with Gasteiger partial charge in [0.2, 0.25) is 0 Å².